The molecule has 0 atom stereocenters. The largest absolute Gasteiger partial charge is 0.393 e. The van der Waals surface area contributed by atoms with Crippen molar-refractivity contribution in [2.45, 2.75) is 83.8 Å². The van der Waals surface area contributed by atoms with Gasteiger partial charge in [0.25, 0.3) is 0 Å². The lowest BCUT2D eigenvalue weighted by atomic mass is 9.71. The van der Waals surface area contributed by atoms with Gasteiger partial charge in [0.2, 0.25) is 0 Å². The van der Waals surface area contributed by atoms with Crippen molar-refractivity contribution in [2.24, 2.45) is 11.3 Å². The van der Waals surface area contributed by atoms with Gasteiger partial charge in [-0.15, -0.1) is 0 Å². The van der Waals surface area contributed by atoms with E-state index in [1.54, 1.807) is 0 Å². The third-order valence-corrected chi connectivity index (χ3v) is 5.45. The Labute approximate surface area is 129 Å². The number of urea groups is 1. The van der Waals surface area contributed by atoms with Gasteiger partial charge in [0.15, 0.2) is 0 Å². The van der Waals surface area contributed by atoms with Crippen molar-refractivity contribution in [3.63, 3.8) is 0 Å². The minimum absolute atomic E-state index is 0.0414. The van der Waals surface area contributed by atoms with Gasteiger partial charge in [0, 0.05) is 12.6 Å². The minimum atomic E-state index is -0.170. The second-order valence-corrected chi connectivity index (χ2v) is 7.66. The highest BCUT2D eigenvalue weighted by molar-refractivity contribution is 5.74. The van der Waals surface area contributed by atoms with Crippen molar-refractivity contribution in [2.75, 3.05) is 6.54 Å². The molecule has 0 bridgehead atoms. The minimum Gasteiger partial charge on any atom is -0.393 e. The van der Waals surface area contributed by atoms with Crippen LogP contribution in [-0.4, -0.2) is 29.8 Å². The van der Waals surface area contributed by atoms with E-state index < -0.39 is 0 Å². The highest BCUT2D eigenvalue weighted by atomic mass is 16.3. The van der Waals surface area contributed by atoms with Gasteiger partial charge in [-0.05, 0) is 49.9 Å². The number of hydrogen-bond acceptors (Lipinski definition) is 2. The van der Waals surface area contributed by atoms with E-state index in [4.69, 9.17) is 0 Å². The van der Waals surface area contributed by atoms with Crippen LogP contribution in [0, 0.1) is 11.3 Å². The number of rotatable bonds is 4. The van der Waals surface area contributed by atoms with E-state index in [0.717, 1.165) is 38.1 Å². The zero-order valence-electron chi connectivity index (χ0n) is 13.7. The summed E-state index contributed by atoms with van der Waals surface area (Å²) < 4.78 is 0. The van der Waals surface area contributed by atoms with Crippen molar-refractivity contribution in [1.29, 1.82) is 0 Å². The molecule has 0 heterocycles. The zero-order valence-corrected chi connectivity index (χ0v) is 13.7. The Bertz CT molecular complexity index is 330. The lowest BCUT2D eigenvalue weighted by Crippen LogP contribution is -2.47. The third-order valence-electron chi connectivity index (χ3n) is 5.45. The first-order valence-electron chi connectivity index (χ1n) is 8.70. The summed E-state index contributed by atoms with van der Waals surface area (Å²) in [5.74, 6) is 0.733. The molecule has 0 saturated heterocycles. The molecule has 2 aliphatic rings. The molecule has 2 amide bonds. The fourth-order valence-corrected chi connectivity index (χ4v) is 3.79. The average Bonchev–Trinajstić information content (AvgIpc) is 2.49. The van der Waals surface area contributed by atoms with Crippen LogP contribution in [0.3, 0.4) is 0 Å². The summed E-state index contributed by atoms with van der Waals surface area (Å²) in [6.45, 7) is 5.30. The Balaban J connectivity index is 1.70. The molecule has 2 saturated carbocycles. The maximum absolute atomic E-state index is 12.0. The van der Waals surface area contributed by atoms with Gasteiger partial charge < -0.3 is 15.7 Å². The summed E-state index contributed by atoms with van der Waals surface area (Å²) in [5.41, 5.74) is 0.181. The van der Waals surface area contributed by atoms with Crippen molar-refractivity contribution < 1.29 is 9.90 Å². The first kappa shape index (κ1) is 16.6. The van der Waals surface area contributed by atoms with Crippen LogP contribution in [0.25, 0.3) is 0 Å². The Morgan fingerprint density at radius 1 is 1.05 bits per heavy atom. The lowest BCUT2D eigenvalue weighted by molar-refractivity contribution is 0.117. The number of carbonyl (C=O) groups excluding carboxylic acids is 1. The number of nitrogens with one attached hydrogen (secondary N) is 2. The van der Waals surface area contributed by atoms with E-state index in [-0.39, 0.29) is 23.6 Å². The van der Waals surface area contributed by atoms with Crippen LogP contribution in [0.1, 0.15) is 71.6 Å². The molecule has 4 heteroatoms. The van der Waals surface area contributed by atoms with E-state index in [1.807, 2.05) is 0 Å². The van der Waals surface area contributed by atoms with E-state index in [2.05, 4.69) is 24.5 Å². The third kappa shape index (κ3) is 5.17. The molecule has 2 rings (SSSR count). The van der Waals surface area contributed by atoms with Crippen LogP contribution in [0.15, 0.2) is 0 Å². The Kier molecular flexibility index (Phi) is 5.91. The first-order chi connectivity index (χ1) is 9.97. The van der Waals surface area contributed by atoms with Crippen molar-refractivity contribution >= 4 is 6.03 Å². The molecule has 0 unspecified atom stereocenters. The van der Waals surface area contributed by atoms with Gasteiger partial charge >= 0.3 is 6.03 Å². The van der Waals surface area contributed by atoms with E-state index in [1.165, 1.54) is 32.1 Å². The topological polar surface area (TPSA) is 61.4 Å². The van der Waals surface area contributed by atoms with Gasteiger partial charge in [-0.2, -0.15) is 0 Å². The van der Waals surface area contributed by atoms with E-state index >= 15 is 0 Å². The molecule has 0 spiro atoms. The molecule has 0 aromatic rings. The molecule has 2 fully saturated rings. The number of amides is 2. The molecule has 3 N–H and O–H groups in total. The molecule has 21 heavy (non-hydrogen) atoms. The summed E-state index contributed by atoms with van der Waals surface area (Å²) in [5, 5.41) is 15.6. The van der Waals surface area contributed by atoms with Gasteiger partial charge in [0.05, 0.1) is 6.10 Å². The summed E-state index contributed by atoms with van der Waals surface area (Å²) in [7, 11) is 0. The molecular weight excluding hydrogens is 264 g/mol. The van der Waals surface area contributed by atoms with Crippen LogP contribution in [-0.2, 0) is 0 Å². The van der Waals surface area contributed by atoms with Crippen LogP contribution in [0.5, 0.6) is 0 Å². The monoisotopic (exact) mass is 296 g/mol. The van der Waals surface area contributed by atoms with Gasteiger partial charge in [-0.1, -0.05) is 33.1 Å². The Morgan fingerprint density at radius 3 is 2.29 bits per heavy atom. The normalized spacial score (nSPS) is 28.1. The van der Waals surface area contributed by atoms with Crippen molar-refractivity contribution in [3.8, 4) is 0 Å². The Morgan fingerprint density at radius 2 is 1.67 bits per heavy atom. The molecule has 2 aliphatic carbocycles. The summed E-state index contributed by atoms with van der Waals surface area (Å²) in [6.07, 6.45) is 9.87. The van der Waals surface area contributed by atoms with Crippen molar-refractivity contribution in [3.05, 3.63) is 0 Å². The Hall–Kier alpha value is -0.770. The zero-order chi connectivity index (χ0) is 15.3. The number of hydrogen-bond donors (Lipinski definition) is 3. The van der Waals surface area contributed by atoms with Gasteiger partial charge in [-0.3, -0.25) is 0 Å². The molecule has 0 radical (unpaired) electrons. The second kappa shape index (κ2) is 7.48. The van der Waals surface area contributed by atoms with Crippen LogP contribution in [0.4, 0.5) is 4.79 Å². The molecule has 4 nitrogen and oxygen atoms in total. The molecule has 0 aromatic carbocycles. The number of aliphatic hydroxyl groups excluding tert-OH is 1. The smallest absolute Gasteiger partial charge is 0.315 e. The summed E-state index contributed by atoms with van der Waals surface area (Å²) in [6, 6.07) is 0.187. The highest BCUT2D eigenvalue weighted by Gasteiger charge is 2.31. The highest BCUT2D eigenvalue weighted by Crippen LogP contribution is 2.37. The first-order valence-corrected chi connectivity index (χ1v) is 8.70. The fraction of sp³-hybridized carbons (Fsp3) is 0.941. The number of carbonyl (C=O) groups is 1. The maximum Gasteiger partial charge on any atom is 0.315 e. The average molecular weight is 296 g/mol. The van der Waals surface area contributed by atoms with Crippen LogP contribution < -0.4 is 10.6 Å². The molecule has 122 valence electrons. The van der Waals surface area contributed by atoms with Crippen LogP contribution >= 0.6 is 0 Å². The second-order valence-electron chi connectivity index (χ2n) is 7.66. The standard InChI is InChI=1S/C17H32N2O2/c1-17(2,13-6-4-3-5-7-13)12-18-16(21)19-14-8-10-15(20)11-9-14/h13-15,20H,3-12H2,1-2H3,(H2,18,19,21). The van der Waals surface area contributed by atoms with Gasteiger partial charge in [0.1, 0.15) is 0 Å². The predicted molar refractivity (Wildman–Crippen MR) is 85.2 cm³/mol. The molecule has 0 aromatic heterocycles. The summed E-state index contributed by atoms with van der Waals surface area (Å²) >= 11 is 0. The van der Waals surface area contributed by atoms with E-state index in [0.29, 0.717) is 0 Å². The van der Waals surface area contributed by atoms with E-state index in [9.17, 15) is 9.90 Å². The number of aliphatic hydroxyl groups is 1. The molecular formula is C17H32N2O2. The maximum atomic E-state index is 12.0. The van der Waals surface area contributed by atoms with Gasteiger partial charge in [-0.25, -0.2) is 4.79 Å². The lowest BCUT2D eigenvalue weighted by Gasteiger charge is -2.37. The SMILES string of the molecule is CC(C)(CNC(=O)NC1CCC(O)CC1)C1CCCCC1. The fourth-order valence-electron chi connectivity index (χ4n) is 3.79. The van der Waals surface area contributed by atoms with Crippen molar-refractivity contribution in [1.82, 2.24) is 10.6 Å². The molecule has 0 aliphatic heterocycles. The quantitative estimate of drug-likeness (QED) is 0.746. The van der Waals surface area contributed by atoms with Crippen LogP contribution in [0.2, 0.25) is 0 Å². The summed E-state index contributed by atoms with van der Waals surface area (Å²) in [4.78, 5) is 12.0. The predicted octanol–water partition coefficient (Wildman–Crippen LogP) is 3.20.